The van der Waals surface area contributed by atoms with Crippen molar-refractivity contribution in [2.75, 3.05) is 12.4 Å². The van der Waals surface area contributed by atoms with E-state index in [1.54, 1.807) is 13.1 Å². The number of pyridine rings is 1. The molecule has 2 aromatic rings. The molecule has 108 valence electrons. The van der Waals surface area contributed by atoms with Gasteiger partial charge in [-0.3, -0.25) is 0 Å². The maximum Gasteiger partial charge on any atom is 0.433 e. The fourth-order valence-electron chi connectivity index (χ4n) is 2.36. The van der Waals surface area contributed by atoms with Gasteiger partial charge in [0, 0.05) is 28.2 Å². The number of anilines is 1. The molecule has 0 aliphatic rings. The van der Waals surface area contributed by atoms with E-state index in [0.29, 0.717) is 23.0 Å². The summed E-state index contributed by atoms with van der Waals surface area (Å²) in [5.41, 5.74) is 0.951. The molecule has 0 aliphatic heterocycles. The average molecular weight is 347 g/mol. The van der Waals surface area contributed by atoms with Crippen LogP contribution in [0, 0.1) is 6.92 Å². The molecule has 0 unspecified atom stereocenters. The number of halogens is 4. The molecule has 1 N–H and O–H groups in total. The smallest absolute Gasteiger partial charge is 0.387 e. The number of nitrogens with one attached hydrogen (secondary N) is 1. The molecule has 2 rings (SSSR count). The van der Waals surface area contributed by atoms with Crippen LogP contribution in [0.25, 0.3) is 10.9 Å². The molecule has 1 aromatic carbocycles. The van der Waals surface area contributed by atoms with Gasteiger partial charge in [-0.2, -0.15) is 13.2 Å². The van der Waals surface area contributed by atoms with Gasteiger partial charge in [-0.05, 0) is 31.0 Å². The molecule has 0 bridgehead atoms. The van der Waals surface area contributed by atoms with E-state index in [9.17, 15) is 13.2 Å². The van der Waals surface area contributed by atoms with Crippen LogP contribution in [0.3, 0.4) is 0 Å². The highest BCUT2D eigenvalue weighted by Gasteiger charge is 2.36. The fourth-order valence-corrected chi connectivity index (χ4v) is 2.87. The fraction of sp³-hybridized carbons (Fsp3) is 0.357. The topological polar surface area (TPSA) is 24.9 Å². The number of benzene rings is 1. The molecule has 0 amide bonds. The molecular weight excluding hydrogens is 333 g/mol. The van der Waals surface area contributed by atoms with Crippen molar-refractivity contribution in [2.45, 2.75) is 26.4 Å². The van der Waals surface area contributed by atoms with Crippen LogP contribution in [0.5, 0.6) is 0 Å². The van der Waals surface area contributed by atoms with E-state index in [2.05, 4.69) is 26.2 Å². The van der Waals surface area contributed by atoms with Crippen molar-refractivity contribution in [2.24, 2.45) is 0 Å². The lowest BCUT2D eigenvalue weighted by Crippen LogP contribution is -2.13. The lowest BCUT2D eigenvalue weighted by Gasteiger charge is -2.17. The Labute approximate surface area is 123 Å². The molecule has 6 heteroatoms. The van der Waals surface area contributed by atoms with Crippen molar-refractivity contribution >= 4 is 32.5 Å². The quantitative estimate of drug-likeness (QED) is 0.833. The second-order valence-electron chi connectivity index (χ2n) is 4.52. The van der Waals surface area contributed by atoms with E-state index in [4.69, 9.17) is 0 Å². The Morgan fingerprint density at radius 2 is 1.95 bits per heavy atom. The van der Waals surface area contributed by atoms with Crippen LogP contribution in [0.15, 0.2) is 16.6 Å². The third-order valence-corrected chi connectivity index (χ3v) is 3.73. The number of aryl methyl sites for hydroxylation is 1. The number of nitrogens with zero attached hydrogens (tertiary/aromatic N) is 1. The predicted octanol–water partition coefficient (Wildman–Crippen LogP) is 4.93. The van der Waals surface area contributed by atoms with E-state index in [0.717, 1.165) is 10.0 Å². The van der Waals surface area contributed by atoms with Gasteiger partial charge >= 0.3 is 6.18 Å². The lowest BCUT2D eigenvalue weighted by atomic mass is 10.0. The maximum atomic E-state index is 13.1. The van der Waals surface area contributed by atoms with Gasteiger partial charge < -0.3 is 5.32 Å². The Bertz CT molecular complexity index is 666. The van der Waals surface area contributed by atoms with Crippen molar-refractivity contribution in [1.82, 2.24) is 4.98 Å². The normalized spacial score (nSPS) is 11.9. The number of fused-ring (bicyclic) bond motifs is 1. The first-order chi connectivity index (χ1) is 9.29. The molecule has 0 radical (unpaired) electrons. The number of hydrogen-bond donors (Lipinski definition) is 1. The second-order valence-corrected chi connectivity index (χ2v) is 5.44. The highest BCUT2D eigenvalue weighted by molar-refractivity contribution is 9.10. The Morgan fingerprint density at radius 1 is 1.30 bits per heavy atom. The van der Waals surface area contributed by atoms with Crippen LogP contribution >= 0.6 is 15.9 Å². The third-order valence-electron chi connectivity index (χ3n) is 3.28. The SMILES string of the molecule is CCc1cc(Br)cc2c(NC)c(C)c(C(F)(F)F)nc12. The summed E-state index contributed by atoms with van der Waals surface area (Å²) >= 11 is 3.39. The summed E-state index contributed by atoms with van der Waals surface area (Å²) in [7, 11) is 1.62. The van der Waals surface area contributed by atoms with E-state index in [1.165, 1.54) is 6.92 Å². The van der Waals surface area contributed by atoms with Crippen LogP contribution in [-0.2, 0) is 12.6 Å². The molecule has 0 fully saturated rings. The van der Waals surface area contributed by atoms with Gasteiger partial charge in [-0.15, -0.1) is 0 Å². The number of aromatic nitrogens is 1. The van der Waals surface area contributed by atoms with Gasteiger partial charge in [0.15, 0.2) is 0 Å². The van der Waals surface area contributed by atoms with Crippen LogP contribution in [0.4, 0.5) is 18.9 Å². The predicted molar refractivity (Wildman–Crippen MR) is 78.1 cm³/mol. The summed E-state index contributed by atoms with van der Waals surface area (Å²) < 4.78 is 40.2. The molecule has 0 saturated carbocycles. The van der Waals surface area contributed by atoms with E-state index < -0.39 is 11.9 Å². The summed E-state index contributed by atoms with van der Waals surface area (Å²) in [5, 5.41) is 3.57. The van der Waals surface area contributed by atoms with Crippen molar-refractivity contribution < 1.29 is 13.2 Å². The zero-order valence-electron chi connectivity index (χ0n) is 11.3. The van der Waals surface area contributed by atoms with Gasteiger partial charge in [-0.25, -0.2) is 4.98 Å². The van der Waals surface area contributed by atoms with Crippen molar-refractivity contribution in [3.63, 3.8) is 0 Å². The molecule has 0 aliphatic carbocycles. The van der Waals surface area contributed by atoms with Gasteiger partial charge in [0.2, 0.25) is 0 Å². The zero-order valence-corrected chi connectivity index (χ0v) is 12.9. The minimum atomic E-state index is -4.46. The Kier molecular flexibility index (Phi) is 3.95. The summed E-state index contributed by atoms with van der Waals surface area (Å²) in [4.78, 5) is 3.88. The van der Waals surface area contributed by atoms with Gasteiger partial charge in [0.25, 0.3) is 0 Å². The lowest BCUT2D eigenvalue weighted by molar-refractivity contribution is -0.141. The molecule has 1 aromatic heterocycles. The molecule has 2 nitrogen and oxygen atoms in total. The molecule has 0 atom stereocenters. The third kappa shape index (κ3) is 2.49. The van der Waals surface area contributed by atoms with Crippen LogP contribution in [-0.4, -0.2) is 12.0 Å². The van der Waals surface area contributed by atoms with Crippen LogP contribution in [0.2, 0.25) is 0 Å². The summed E-state index contributed by atoms with van der Waals surface area (Å²) in [5.74, 6) is 0. The number of rotatable bonds is 2. The minimum absolute atomic E-state index is 0.118. The molecule has 20 heavy (non-hydrogen) atoms. The van der Waals surface area contributed by atoms with E-state index >= 15 is 0 Å². The highest BCUT2D eigenvalue weighted by Crippen LogP contribution is 2.38. The number of alkyl halides is 3. The standard InChI is InChI=1S/C14H14BrF3N2/c1-4-8-5-9(15)6-10-11(19-3)7(2)13(14(16,17)18)20-12(8)10/h5-6H,4H2,1-3H3,(H,19,20). The summed E-state index contributed by atoms with van der Waals surface area (Å²) in [6.45, 7) is 3.34. The highest BCUT2D eigenvalue weighted by atomic mass is 79.9. The largest absolute Gasteiger partial charge is 0.433 e. The molecule has 0 spiro atoms. The minimum Gasteiger partial charge on any atom is -0.387 e. The Hall–Kier alpha value is -1.30. The second kappa shape index (κ2) is 5.24. The number of hydrogen-bond acceptors (Lipinski definition) is 2. The van der Waals surface area contributed by atoms with Gasteiger partial charge in [0.05, 0.1) is 5.52 Å². The van der Waals surface area contributed by atoms with Gasteiger partial charge in [0.1, 0.15) is 5.69 Å². The first-order valence-electron chi connectivity index (χ1n) is 6.17. The maximum absolute atomic E-state index is 13.1. The Morgan fingerprint density at radius 3 is 2.45 bits per heavy atom. The average Bonchev–Trinajstić information content (AvgIpc) is 2.35. The Balaban J connectivity index is 2.95. The summed E-state index contributed by atoms with van der Waals surface area (Å²) in [6, 6.07) is 3.60. The first-order valence-corrected chi connectivity index (χ1v) is 6.96. The zero-order chi connectivity index (χ0) is 15.1. The van der Waals surface area contributed by atoms with Crippen LogP contribution in [0.1, 0.15) is 23.7 Å². The van der Waals surface area contributed by atoms with Gasteiger partial charge in [-0.1, -0.05) is 22.9 Å². The molecule has 1 heterocycles. The van der Waals surface area contributed by atoms with Crippen molar-refractivity contribution in [3.8, 4) is 0 Å². The van der Waals surface area contributed by atoms with E-state index in [1.807, 2.05) is 13.0 Å². The van der Waals surface area contributed by atoms with Crippen LogP contribution < -0.4 is 5.32 Å². The monoisotopic (exact) mass is 346 g/mol. The summed E-state index contributed by atoms with van der Waals surface area (Å²) in [6.07, 6.45) is -3.84. The van der Waals surface area contributed by atoms with Crippen molar-refractivity contribution in [1.29, 1.82) is 0 Å². The first kappa shape index (κ1) is 15.1. The molecular formula is C14H14BrF3N2. The molecule has 0 saturated heterocycles. The van der Waals surface area contributed by atoms with E-state index in [-0.39, 0.29) is 5.56 Å². The van der Waals surface area contributed by atoms with Crippen molar-refractivity contribution in [3.05, 3.63) is 33.4 Å².